The third-order valence-electron chi connectivity index (χ3n) is 2.11. The number of benzene rings is 1. The number of carboxylic acids is 1. The second-order valence-electron chi connectivity index (χ2n) is 3.62. The van der Waals surface area contributed by atoms with Gasteiger partial charge in [-0.25, -0.2) is 0 Å². The first-order valence-electron chi connectivity index (χ1n) is 5.58. The van der Waals surface area contributed by atoms with Crippen LogP contribution in [0.25, 0.3) is 0 Å². The van der Waals surface area contributed by atoms with E-state index < -0.39 is 28.9 Å². The number of carboxylic acid groups (broad SMARTS) is 1. The summed E-state index contributed by atoms with van der Waals surface area (Å²) in [6.07, 6.45) is -1.16. The Balaban J connectivity index is 0.00000484. The molecule has 0 aliphatic heterocycles. The van der Waals surface area contributed by atoms with Crippen LogP contribution in [0.1, 0.15) is 10.4 Å². The van der Waals surface area contributed by atoms with Crippen molar-refractivity contribution in [2.24, 2.45) is 0 Å². The van der Waals surface area contributed by atoms with Gasteiger partial charge >= 0.3 is 29.6 Å². The van der Waals surface area contributed by atoms with E-state index in [0.29, 0.717) is 4.90 Å². The number of rotatable bonds is 10. The Hall–Kier alpha value is -1.21. The number of carbonyl (C=O) groups is 1. The van der Waals surface area contributed by atoms with Crippen LogP contribution in [0.4, 0.5) is 0 Å². The Kier molecular flexibility index (Phi) is 10.7. The summed E-state index contributed by atoms with van der Waals surface area (Å²) in [5, 5.41) is 29.1. The first-order valence-corrected chi connectivity index (χ1v) is 7.90. The fourth-order valence-corrected chi connectivity index (χ4v) is 3.61. The summed E-state index contributed by atoms with van der Waals surface area (Å²) in [6.45, 7) is -0.607. The fourth-order valence-electron chi connectivity index (χ4n) is 1.26. The molecule has 1 rings (SSSR count). The zero-order valence-electron chi connectivity index (χ0n) is 11.8. The van der Waals surface area contributed by atoms with Gasteiger partial charge in [-0.15, -0.1) is 20.2 Å². The van der Waals surface area contributed by atoms with Crippen molar-refractivity contribution in [3.05, 3.63) is 50.1 Å². The van der Waals surface area contributed by atoms with E-state index in [1.54, 1.807) is 12.1 Å². The SMILES string of the molecule is O=C([O-])c1ccccc1SSCC(CO[N+](=O)[O-])O[N+](=O)[O-].[Na+]. The van der Waals surface area contributed by atoms with E-state index in [1.807, 2.05) is 0 Å². The Morgan fingerprint density at radius 1 is 1.22 bits per heavy atom. The van der Waals surface area contributed by atoms with E-state index in [-0.39, 0.29) is 40.9 Å². The van der Waals surface area contributed by atoms with Crippen LogP contribution in [0.5, 0.6) is 0 Å². The molecule has 0 aliphatic rings. The molecule has 0 bridgehead atoms. The Bertz CT molecular complexity index is 561. The largest absolute Gasteiger partial charge is 1.00 e. The van der Waals surface area contributed by atoms with E-state index in [9.17, 15) is 30.1 Å². The first-order chi connectivity index (χ1) is 10.4. The van der Waals surface area contributed by atoms with Gasteiger partial charge in [0.1, 0.15) is 12.7 Å². The molecule has 0 radical (unpaired) electrons. The molecule has 0 N–H and O–H groups in total. The molecule has 10 nitrogen and oxygen atoms in total. The number of nitrogens with zero attached hydrogens (tertiary/aromatic N) is 2. The molecule has 1 aromatic carbocycles. The van der Waals surface area contributed by atoms with Crippen LogP contribution < -0.4 is 34.7 Å². The van der Waals surface area contributed by atoms with Crippen LogP contribution in [0.3, 0.4) is 0 Å². The van der Waals surface area contributed by atoms with Gasteiger partial charge in [0, 0.05) is 16.2 Å². The van der Waals surface area contributed by atoms with Crippen molar-refractivity contribution in [2.75, 3.05) is 12.4 Å². The third-order valence-corrected chi connectivity index (χ3v) is 4.57. The van der Waals surface area contributed by atoms with Crippen LogP contribution in [0, 0.1) is 20.2 Å². The minimum absolute atomic E-state index is 0. The van der Waals surface area contributed by atoms with Crippen molar-refractivity contribution < 1.29 is 59.3 Å². The molecule has 0 amide bonds. The van der Waals surface area contributed by atoms with Crippen molar-refractivity contribution in [3.8, 4) is 0 Å². The summed E-state index contributed by atoms with van der Waals surface area (Å²) in [6, 6.07) is 6.05. The van der Waals surface area contributed by atoms with Crippen LogP contribution in [0.2, 0.25) is 0 Å². The first kappa shape index (κ1) is 21.8. The summed E-state index contributed by atoms with van der Waals surface area (Å²) >= 11 is 0. The maximum Gasteiger partial charge on any atom is 1.00 e. The van der Waals surface area contributed by atoms with Crippen molar-refractivity contribution >= 4 is 27.6 Å². The summed E-state index contributed by atoms with van der Waals surface area (Å²) < 4.78 is 0. The molecule has 0 aromatic heterocycles. The number of hydrogen-bond acceptors (Lipinski definition) is 10. The van der Waals surface area contributed by atoms with Gasteiger partial charge in [-0.2, -0.15) is 0 Å². The standard InChI is InChI=1S/C10H10N2O8S2.Na/c13-10(14)8-3-1-2-4-9(8)22-21-6-7(20-12(17)18)5-19-11(15)16;/h1-4,7H,5-6H2,(H,13,14);/q;+1/p-1. The van der Waals surface area contributed by atoms with E-state index in [4.69, 9.17) is 0 Å². The topological polar surface area (TPSA) is 145 Å². The molecule has 1 unspecified atom stereocenters. The van der Waals surface area contributed by atoms with Crippen molar-refractivity contribution in [1.29, 1.82) is 0 Å². The van der Waals surface area contributed by atoms with Crippen LogP contribution in [-0.4, -0.2) is 34.6 Å². The minimum atomic E-state index is -1.35. The zero-order valence-corrected chi connectivity index (χ0v) is 15.4. The van der Waals surface area contributed by atoms with Gasteiger partial charge in [0.15, 0.2) is 0 Å². The Labute approximate surface area is 159 Å². The Morgan fingerprint density at radius 3 is 2.43 bits per heavy atom. The smallest absolute Gasteiger partial charge is 0.545 e. The van der Waals surface area contributed by atoms with Crippen molar-refractivity contribution in [1.82, 2.24) is 0 Å². The molecule has 120 valence electrons. The maximum atomic E-state index is 10.9. The van der Waals surface area contributed by atoms with E-state index >= 15 is 0 Å². The number of aromatic carboxylic acids is 1. The average molecular weight is 372 g/mol. The maximum absolute atomic E-state index is 10.9. The van der Waals surface area contributed by atoms with Gasteiger partial charge in [-0.05, 0) is 6.07 Å². The molecular formula is C10H9N2NaO8S2. The predicted octanol–water partition coefficient (Wildman–Crippen LogP) is -2.42. The minimum Gasteiger partial charge on any atom is -0.545 e. The van der Waals surface area contributed by atoms with Crippen LogP contribution in [0.15, 0.2) is 29.2 Å². The van der Waals surface area contributed by atoms with Gasteiger partial charge < -0.3 is 19.6 Å². The van der Waals surface area contributed by atoms with Gasteiger partial charge in [0.2, 0.25) is 0 Å². The average Bonchev–Trinajstić information content (AvgIpc) is 2.44. The normalized spacial score (nSPS) is 11.0. The van der Waals surface area contributed by atoms with Crippen molar-refractivity contribution in [2.45, 2.75) is 11.0 Å². The van der Waals surface area contributed by atoms with E-state index in [0.717, 1.165) is 21.6 Å². The van der Waals surface area contributed by atoms with E-state index in [1.165, 1.54) is 12.1 Å². The van der Waals surface area contributed by atoms with Crippen LogP contribution in [-0.2, 0) is 9.68 Å². The third kappa shape index (κ3) is 8.86. The molecule has 0 heterocycles. The summed E-state index contributed by atoms with van der Waals surface area (Å²) in [5.74, 6) is -1.38. The summed E-state index contributed by atoms with van der Waals surface area (Å²) in [7, 11) is 2.07. The van der Waals surface area contributed by atoms with Gasteiger partial charge in [-0.1, -0.05) is 39.8 Å². The Morgan fingerprint density at radius 2 is 1.87 bits per heavy atom. The molecule has 0 fully saturated rings. The van der Waals surface area contributed by atoms with Gasteiger partial charge in [0.25, 0.3) is 10.2 Å². The molecular weight excluding hydrogens is 363 g/mol. The number of carbonyl (C=O) groups excluding carboxylic acids is 1. The second-order valence-corrected chi connectivity index (χ2v) is 6.00. The van der Waals surface area contributed by atoms with Crippen LogP contribution >= 0.6 is 21.6 Å². The van der Waals surface area contributed by atoms with E-state index in [2.05, 4.69) is 9.68 Å². The molecule has 13 heteroatoms. The fraction of sp³-hybridized carbons (Fsp3) is 0.300. The second kappa shape index (κ2) is 11.3. The molecule has 0 spiro atoms. The molecule has 0 aliphatic carbocycles. The molecule has 0 saturated heterocycles. The molecule has 0 saturated carbocycles. The predicted molar refractivity (Wildman–Crippen MR) is 73.9 cm³/mol. The zero-order chi connectivity index (χ0) is 16.5. The molecule has 1 atom stereocenters. The summed E-state index contributed by atoms with van der Waals surface area (Å²) in [5.41, 5.74) is -0.0201. The van der Waals surface area contributed by atoms with Crippen molar-refractivity contribution in [3.63, 3.8) is 0 Å². The van der Waals surface area contributed by atoms with Gasteiger partial charge in [0.05, 0.1) is 5.97 Å². The monoisotopic (exact) mass is 372 g/mol. The molecule has 23 heavy (non-hydrogen) atoms. The quantitative estimate of drug-likeness (QED) is 0.188. The number of hydrogen-bond donors (Lipinski definition) is 0. The van der Waals surface area contributed by atoms with Gasteiger partial charge in [-0.3, -0.25) is 0 Å². The summed E-state index contributed by atoms with van der Waals surface area (Å²) in [4.78, 5) is 39.9. The molecule has 1 aromatic rings.